The minimum atomic E-state index is 0.146. The molecule has 0 aliphatic rings. The van der Waals surface area contributed by atoms with Gasteiger partial charge < -0.3 is 4.90 Å². The second kappa shape index (κ2) is 6.36. The molecule has 0 fully saturated rings. The van der Waals surface area contributed by atoms with Crippen LogP contribution < -0.4 is 0 Å². The molecule has 0 spiro atoms. The topological polar surface area (TPSA) is 33.2 Å². The summed E-state index contributed by atoms with van der Waals surface area (Å²) in [6.07, 6.45) is 1.93. The molecule has 6 heteroatoms. The lowest BCUT2D eigenvalue weighted by atomic mass is 10.4. The summed E-state index contributed by atoms with van der Waals surface area (Å²) in [5, 5.41) is 5.10. The molecule has 1 amide bonds. The van der Waals surface area contributed by atoms with Crippen LogP contribution in [0.4, 0.5) is 0 Å². The first-order valence-electron chi connectivity index (χ1n) is 5.42. The maximum atomic E-state index is 11.7. The van der Waals surface area contributed by atoms with Gasteiger partial charge in [-0.1, -0.05) is 6.07 Å². The first-order valence-corrected chi connectivity index (χ1v) is 8.57. The maximum absolute atomic E-state index is 11.7. The van der Waals surface area contributed by atoms with E-state index < -0.39 is 0 Å². The highest BCUT2D eigenvalue weighted by Crippen LogP contribution is 2.28. The van der Waals surface area contributed by atoms with E-state index in [9.17, 15) is 4.79 Å². The van der Waals surface area contributed by atoms with Crippen LogP contribution in [-0.4, -0.2) is 34.8 Å². The Kier molecular flexibility index (Phi) is 4.79. The minimum Gasteiger partial charge on any atom is -0.339 e. The molecule has 18 heavy (non-hydrogen) atoms. The summed E-state index contributed by atoms with van der Waals surface area (Å²) in [5.74, 6) is 0.673. The van der Waals surface area contributed by atoms with E-state index in [1.54, 1.807) is 39.3 Å². The quantitative estimate of drug-likeness (QED) is 0.850. The molecule has 0 N–H and O–H groups in total. The number of thioether (sulfide) groups is 1. The van der Waals surface area contributed by atoms with Crippen molar-refractivity contribution in [3.05, 3.63) is 28.6 Å². The summed E-state index contributed by atoms with van der Waals surface area (Å²) in [6, 6.07) is 4.09. The lowest BCUT2D eigenvalue weighted by molar-refractivity contribution is -0.127. The van der Waals surface area contributed by atoms with Crippen LogP contribution in [0.3, 0.4) is 0 Å². The van der Waals surface area contributed by atoms with Gasteiger partial charge in [0.2, 0.25) is 5.91 Å². The van der Waals surface area contributed by atoms with Gasteiger partial charge in [-0.05, 0) is 17.7 Å². The van der Waals surface area contributed by atoms with E-state index in [0.717, 1.165) is 10.7 Å². The Morgan fingerprint density at radius 1 is 1.50 bits per heavy atom. The largest absolute Gasteiger partial charge is 0.339 e. The van der Waals surface area contributed by atoms with Gasteiger partial charge >= 0.3 is 0 Å². The number of amides is 1. The molecule has 2 aromatic heterocycles. The zero-order chi connectivity index (χ0) is 13.0. The average molecular weight is 298 g/mol. The first kappa shape index (κ1) is 13.6. The fourth-order valence-electron chi connectivity index (χ4n) is 1.46. The van der Waals surface area contributed by atoms with Gasteiger partial charge in [-0.15, -0.1) is 22.7 Å². The van der Waals surface area contributed by atoms with E-state index >= 15 is 0 Å². The lowest BCUT2D eigenvalue weighted by Crippen LogP contribution is -2.27. The van der Waals surface area contributed by atoms with Gasteiger partial charge in [-0.25, -0.2) is 4.98 Å². The minimum absolute atomic E-state index is 0.146. The molecule has 0 saturated heterocycles. The molecular weight excluding hydrogens is 284 g/mol. The third-order valence-electron chi connectivity index (χ3n) is 2.38. The second-order valence-electron chi connectivity index (χ2n) is 3.80. The van der Waals surface area contributed by atoms with E-state index in [0.29, 0.717) is 12.3 Å². The number of nitrogens with zero attached hydrogens (tertiary/aromatic N) is 2. The van der Waals surface area contributed by atoms with Gasteiger partial charge in [-0.2, -0.15) is 11.8 Å². The van der Waals surface area contributed by atoms with Crippen molar-refractivity contribution in [2.45, 2.75) is 6.54 Å². The molecule has 0 aliphatic heterocycles. The van der Waals surface area contributed by atoms with Crippen molar-refractivity contribution in [3.63, 3.8) is 0 Å². The van der Waals surface area contributed by atoms with Crippen molar-refractivity contribution in [3.8, 4) is 9.88 Å². The number of hydrogen-bond acceptors (Lipinski definition) is 5. The standard InChI is InChI=1S/C12H14N2OS3/c1-14(11(15)8-16-2)6-9-7-18-12(13-9)10-4-3-5-17-10/h3-5,7H,6,8H2,1-2H3. The molecule has 0 bridgehead atoms. The summed E-state index contributed by atoms with van der Waals surface area (Å²) in [6.45, 7) is 0.585. The number of thiazole rings is 1. The maximum Gasteiger partial charge on any atom is 0.232 e. The van der Waals surface area contributed by atoms with Crippen LogP contribution in [0, 0.1) is 0 Å². The average Bonchev–Trinajstić information content (AvgIpc) is 2.98. The molecule has 0 unspecified atom stereocenters. The summed E-state index contributed by atoms with van der Waals surface area (Å²) in [5.41, 5.74) is 0.959. The van der Waals surface area contributed by atoms with E-state index in [1.807, 2.05) is 30.1 Å². The van der Waals surface area contributed by atoms with Crippen LogP contribution in [0.5, 0.6) is 0 Å². The second-order valence-corrected chi connectivity index (χ2v) is 6.48. The van der Waals surface area contributed by atoms with Crippen molar-refractivity contribution in [2.24, 2.45) is 0 Å². The predicted molar refractivity (Wildman–Crippen MR) is 80.3 cm³/mol. The van der Waals surface area contributed by atoms with Crippen molar-refractivity contribution in [1.29, 1.82) is 0 Å². The summed E-state index contributed by atoms with van der Waals surface area (Å²) < 4.78 is 0. The van der Waals surface area contributed by atoms with Crippen LogP contribution in [0.15, 0.2) is 22.9 Å². The van der Waals surface area contributed by atoms with Crippen LogP contribution in [-0.2, 0) is 11.3 Å². The molecule has 0 radical (unpaired) electrons. The van der Waals surface area contributed by atoms with E-state index in [-0.39, 0.29) is 5.91 Å². The smallest absolute Gasteiger partial charge is 0.232 e. The monoisotopic (exact) mass is 298 g/mol. The third-order valence-corrected chi connectivity index (χ3v) is 4.84. The number of rotatable bonds is 5. The van der Waals surface area contributed by atoms with Crippen LogP contribution >= 0.6 is 34.4 Å². The normalized spacial score (nSPS) is 10.6. The number of hydrogen-bond donors (Lipinski definition) is 0. The van der Waals surface area contributed by atoms with Crippen LogP contribution in [0.25, 0.3) is 9.88 Å². The Morgan fingerprint density at radius 2 is 2.33 bits per heavy atom. The van der Waals surface area contributed by atoms with Crippen LogP contribution in [0.1, 0.15) is 5.69 Å². The van der Waals surface area contributed by atoms with E-state index in [4.69, 9.17) is 0 Å². The molecule has 3 nitrogen and oxygen atoms in total. The highest BCUT2D eigenvalue weighted by Gasteiger charge is 2.11. The Labute approximate surface area is 119 Å². The molecule has 2 heterocycles. The first-order chi connectivity index (χ1) is 8.70. The van der Waals surface area contributed by atoms with Gasteiger partial charge in [0.25, 0.3) is 0 Å². The Hall–Kier alpha value is -0.850. The lowest BCUT2D eigenvalue weighted by Gasteiger charge is -2.14. The van der Waals surface area contributed by atoms with Crippen molar-refractivity contribution in [1.82, 2.24) is 9.88 Å². The van der Waals surface area contributed by atoms with Crippen molar-refractivity contribution in [2.75, 3.05) is 19.1 Å². The molecule has 2 rings (SSSR count). The fourth-order valence-corrected chi connectivity index (χ4v) is 3.55. The van der Waals surface area contributed by atoms with Gasteiger partial charge in [0.15, 0.2) is 0 Å². The van der Waals surface area contributed by atoms with Crippen molar-refractivity contribution >= 4 is 40.3 Å². The van der Waals surface area contributed by atoms with Crippen molar-refractivity contribution < 1.29 is 4.79 Å². The van der Waals surface area contributed by atoms with Gasteiger partial charge in [0, 0.05) is 12.4 Å². The summed E-state index contributed by atoms with van der Waals surface area (Å²) in [7, 11) is 1.82. The molecular formula is C12H14N2OS3. The highest BCUT2D eigenvalue weighted by atomic mass is 32.2. The molecule has 96 valence electrons. The number of carbonyl (C=O) groups is 1. The molecule has 0 aliphatic carbocycles. The fraction of sp³-hybridized carbons (Fsp3) is 0.333. The molecule has 0 saturated carbocycles. The molecule has 0 atom stereocenters. The third kappa shape index (κ3) is 3.34. The summed E-state index contributed by atoms with van der Waals surface area (Å²) in [4.78, 5) is 19.1. The molecule has 0 aromatic carbocycles. The Balaban J connectivity index is 2.01. The predicted octanol–water partition coefficient (Wildman–Crippen LogP) is 3.19. The highest BCUT2D eigenvalue weighted by molar-refractivity contribution is 7.99. The number of aromatic nitrogens is 1. The molecule has 2 aromatic rings. The zero-order valence-electron chi connectivity index (χ0n) is 10.3. The van der Waals surface area contributed by atoms with Gasteiger partial charge in [-0.3, -0.25) is 4.79 Å². The number of thiophene rings is 1. The SMILES string of the molecule is CSCC(=O)N(C)Cc1csc(-c2cccs2)n1. The Morgan fingerprint density at radius 3 is 3.00 bits per heavy atom. The van der Waals surface area contributed by atoms with Gasteiger partial charge in [0.05, 0.1) is 22.9 Å². The van der Waals surface area contributed by atoms with Crippen LogP contribution in [0.2, 0.25) is 0 Å². The van der Waals surface area contributed by atoms with Gasteiger partial charge in [0.1, 0.15) is 5.01 Å². The number of carbonyl (C=O) groups excluding carboxylic acids is 1. The summed E-state index contributed by atoms with van der Waals surface area (Å²) >= 11 is 4.86. The zero-order valence-corrected chi connectivity index (χ0v) is 12.7. The Bertz CT molecular complexity index is 507. The van der Waals surface area contributed by atoms with E-state index in [1.165, 1.54) is 4.88 Å². The van der Waals surface area contributed by atoms with E-state index in [2.05, 4.69) is 11.1 Å².